The first-order valence-corrected chi connectivity index (χ1v) is 17.8. The molecule has 0 spiro atoms. The smallest absolute Gasteiger partial charge is 0.375 e. The molecule has 0 aliphatic heterocycles. The average molecular weight is 695 g/mol. The molecule has 0 heterocycles. The fraction of sp³-hybridized carbons (Fsp3) is 0.0455. The highest BCUT2D eigenvalue weighted by molar-refractivity contribution is 7.88. The van der Waals surface area contributed by atoms with Crippen LogP contribution >= 0.6 is 0 Å². The number of para-hydroxylation sites is 1. The van der Waals surface area contributed by atoms with Gasteiger partial charge in [0.25, 0.3) is 0 Å². The Hall–Kier alpha value is -5.92. The van der Waals surface area contributed by atoms with Crippen molar-refractivity contribution in [2.75, 3.05) is 0 Å². The quantitative estimate of drug-likeness (QED) is 0.0988. The molecule has 0 bridgehead atoms. The molecular weight excluding hydrogens is 666 g/mol. The molecule has 0 fully saturated rings. The van der Waals surface area contributed by atoms with Crippen LogP contribution in [0.5, 0.6) is 5.75 Å². The topological polar surface area (TPSA) is 43.4 Å². The number of hydrogen-bond donors (Lipinski definition) is 0. The van der Waals surface area contributed by atoms with Gasteiger partial charge in [0.1, 0.15) is 0 Å². The second kappa shape index (κ2) is 12.4. The van der Waals surface area contributed by atoms with Gasteiger partial charge in [-0.3, -0.25) is 0 Å². The molecule has 0 aliphatic carbocycles. The standard InChI is InChI=1S/C44H29F3O3S/c1-28-16-8-9-21-31(28)40-32-22-10-12-24-34(32)43-39(30-19-6-3-7-20-30)41(36-26-14-15-27-37(36)50-51(48,49)44(45,46)47)33-23-11-13-25-35(33)42(43)38(40)29-17-4-2-5-18-29/h2-27H,1H3. The van der Waals surface area contributed by atoms with Crippen LogP contribution in [0.3, 0.4) is 0 Å². The third-order valence-electron chi connectivity index (χ3n) is 9.36. The molecular formula is C44H29F3O3S. The van der Waals surface area contributed by atoms with Gasteiger partial charge in [-0.15, -0.1) is 0 Å². The SMILES string of the molecule is Cc1ccccc1-c1c(-c2ccccc2)c2c3ccccc3c(-c3ccccc3OS(=O)(=O)C(F)(F)F)c(-c3ccccc3)c2c2ccccc12. The molecule has 0 aromatic heterocycles. The summed E-state index contributed by atoms with van der Waals surface area (Å²) in [6, 6.07) is 50.2. The largest absolute Gasteiger partial charge is 0.534 e. The zero-order valence-electron chi connectivity index (χ0n) is 27.3. The number of halogens is 3. The predicted octanol–water partition coefficient (Wildman–Crippen LogP) is 12.4. The highest BCUT2D eigenvalue weighted by atomic mass is 32.2. The lowest BCUT2D eigenvalue weighted by atomic mass is 9.77. The molecule has 0 saturated heterocycles. The van der Waals surface area contributed by atoms with Gasteiger partial charge in [-0.25, -0.2) is 0 Å². The van der Waals surface area contributed by atoms with E-state index < -0.39 is 21.4 Å². The molecule has 7 heteroatoms. The maximum absolute atomic E-state index is 13.7. The summed E-state index contributed by atoms with van der Waals surface area (Å²) >= 11 is 0. The first kappa shape index (κ1) is 32.3. The van der Waals surface area contributed by atoms with Crippen LogP contribution in [0.2, 0.25) is 0 Å². The summed E-state index contributed by atoms with van der Waals surface area (Å²) < 4.78 is 71.0. The summed E-state index contributed by atoms with van der Waals surface area (Å²) in [7, 11) is -5.97. The molecule has 0 radical (unpaired) electrons. The van der Waals surface area contributed by atoms with Gasteiger partial charge in [-0.05, 0) is 84.3 Å². The highest BCUT2D eigenvalue weighted by Crippen LogP contribution is 2.54. The molecule has 0 amide bonds. The summed E-state index contributed by atoms with van der Waals surface area (Å²) in [5.41, 5.74) is 2.01. The van der Waals surface area contributed by atoms with Crippen molar-refractivity contribution in [3.05, 3.63) is 163 Å². The fourth-order valence-electron chi connectivity index (χ4n) is 7.26. The van der Waals surface area contributed by atoms with Crippen LogP contribution in [0.1, 0.15) is 5.56 Å². The van der Waals surface area contributed by atoms with Gasteiger partial charge in [0.2, 0.25) is 0 Å². The van der Waals surface area contributed by atoms with Crippen LogP contribution in [-0.4, -0.2) is 13.9 Å². The van der Waals surface area contributed by atoms with E-state index in [-0.39, 0.29) is 5.56 Å². The molecule has 8 aromatic carbocycles. The minimum absolute atomic E-state index is 0.218. The third-order valence-corrected chi connectivity index (χ3v) is 10.3. The molecule has 3 nitrogen and oxygen atoms in total. The summed E-state index contributed by atoms with van der Waals surface area (Å²) in [5.74, 6) is -0.416. The van der Waals surface area contributed by atoms with E-state index in [1.165, 1.54) is 12.1 Å². The molecule has 250 valence electrons. The fourth-order valence-corrected chi connectivity index (χ4v) is 7.73. The maximum Gasteiger partial charge on any atom is 0.534 e. The lowest BCUT2D eigenvalue weighted by molar-refractivity contribution is -0.0499. The van der Waals surface area contributed by atoms with E-state index in [1.807, 2.05) is 97.1 Å². The summed E-state index contributed by atoms with van der Waals surface area (Å²) in [5, 5.41) is 5.38. The van der Waals surface area contributed by atoms with E-state index in [0.29, 0.717) is 5.56 Å². The number of rotatable bonds is 6. The van der Waals surface area contributed by atoms with E-state index in [4.69, 9.17) is 4.18 Å². The molecule has 0 saturated carbocycles. The van der Waals surface area contributed by atoms with E-state index >= 15 is 0 Å². The van der Waals surface area contributed by atoms with Crippen molar-refractivity contribution in [3.8, 4) is 50.3 Å². The van der Waals surface area contributed by atoms with E-state index in [0.717, 1.165) is 71.3 Å². The van der Waals surface area contributed by atoms with Crippen molar-refractivity contribution in [3.63, 3.8) is 0 Å². The van der Waals surface area contributed by atoms with Gasteiger partial charge < -0.3 is 4.18 Å². The van der Waals surface area contributed by atoms with E-state index in [2.05, 4.69) is 43.3 Å². The van der Waals surface area contributed by atoms with Gasteiger partial charge in [-0.1, -0.05) is 152 Å². The number of fused-ring (bicyclic) bond motifs is 5. The number of hydrogen-bond acceptors (Lipinski definition) is 3. The van der Waals surface area contributed by atoms with Gasteiger partial charge in [0, 0.05) is 11.1 Å². The Kier molecular flexibility index (Phi) is 7.88. The van der Waals surface area contributed by atoms with Crippen molar-refractivity contribution in [1.29, 1.82) is 0 Å². The van der Waals surface area contributed by atoms with Gasteiger partial charge in [-0.2, -0.15) is 21.6 Å². The molecule has 0 N–H and O–H groups in total. The highest BCUT2D eigenvalue weighted by Gasteiger charge is 2.49. The zero-order chi connectivity index (χ0) is 35.3. The van der Waals surface area contributed by atoms with E-state index in [1.54, 1.807) is 12.1 Å². The molecule has 8 rings (SSSR count). The normalized spacial score (nSPS) is 12.1. The van der Waals surface area contributed by atoms with Crippen LogP contribution in [-0.2, 0) is 10.1 Å². The number of benzene rings is 8. The van der Waals surface area contributed by atoms with Crippen molar-refractivity contribution in [1.82, 2.24) is 0 Å². The second-order valence-corrected chi connectivity index (χ2v) is 13.9. The molecule has 0 unspecified atom stereocenters. The van der Waals surface area contributed by atoms with E-state index in [9.17, 15) is 21.6 Å². The monoisotopic (exact) mass is 694 g/mol. The summed E-state index contributed by atoms with van der Waals surface area (Å²) in [6.07, 6.45) is 0. The minimum atomic E-state index is -5.97. The lowest BCUT2D eigenvalue weighted by Gasteiger charge is -2.26. The molecule has 8 aromatic rings. The van der Waals surface area contributed by atoms with Gasteiger partial charge >= 0.3 is 15.6 Å². The Balaban J connectivity index is 1.67. The van der Waals surface area contributed by atoms with Crippen LogP contribution in [0.4, 0.5) is 13.2 Å². The second-order valence-electron chi connectivity index (χ2n) is 12.4. The van der Waals surface area contributed by atoms with Gasteiger partial charge in [0.05, 0.1) is 0 Å². The van der Waals surface area contributed by atoms with Crippen LogP contribution < -0.4 is 4.18 Å². The first-order valence-electron chi connectivity index (χ1n) is 16.4. The molecule has 0 aliphatic rings. The Labute approximate surface area is 293 Å². The Bertz CT molecular complexity index is 2720. The van der Waals surface area contributed by atoms with Crippen molar-refractivity contribution < 1.29 is 25.8 Å². The minimum Gasteiger partial charge on any atom is -0.375 e. The number of alkyl halides is 3. The lowest BCUT2D eigenvalue weighted by Crippen LogP contribution is -2.28. The summed E-state index contributed by atoms with van der Waals surface area (Å²) in [6.45, 7) is 2.10. The number of aryl methyl sites for hydroxylation is 1. The van der Waals surface area contributed by atoms with Gasteiger partial charge in [0.15, 0.2) is 5.75 Å². The Morgan fingerprint density at radius 2 is 0.843 bits per heavy atom. The Morgan fingerprint density at radius 3 is 1.33 bits per heavy atom. The third kappa shape index (κ3) is 5.41. The van der Waals surface area contributed by atoms with Crippen molar-refractivity contribution >= 4 is 42.4 Å². The summed E-state index contributed by atoms with van der Waals surface area (Å²) in [4.78, 5) is 0. The molecule has 51 heavy (non-hydrogen) atoms. The molecule has 0 atom stereocenters. The average Bonchev–Trinajstić information content (AvgIpc) is 3.14. The Morgan fingerprint density at radius 1 is 0.451 bits per heavy atom. The first-order chi connectivity index (χ1) is 24.7. The van der Waals surface area contributed by atoms with Crippen molar-refractivity contribution in [2.45, 2.75) is 12.4 Å². The maximum atomic E-state index is 13.7. The van der Waals surface area contributed by atoms with Crippen LogP contribution in [0.25, 0.3) is 76.8 Å². The van der Waals surface area contributed by atoms with Crippen LogP contribution in [0, 0.1) is 6.92 Å². The predicted molar refractivity (Wildman–Crippen MR) is 201 cm³/mol. The zero-order valence-corrected chi connectivity index (χ0v) is 28.1. The van der Waals surface area contributed by atoms with Crippen LogP contribution in [0.15, 0.2) is 158 Å². The van der Waals surface area contributed by atoms with Crippen molar-refractivity contribution in [2.24, 2.45) is 0 Å².